The highest BCUT2D eigenvalue weighted by atomic mass is 127. The Bertz CT molecular complexity index is 433. The summed E-state index contributed by atoms with van der Waals surface area (Å²) in [6.45, 7) is 8.41. The Kier molecular flexibility index (Phi) is 9.22. The summed E-state index contributed by atoms with van der Waals surface area (Å²) in [7, 11) is 1.71. The van der Waals surface area contributed by atoms with Gasteiger partial charge in [-0.2, -0.15) is 0 Å². The van der Waals surface area contributed by atoms with E-state index in [1.165, 1.54) is 5.69 Å². The molecule has 1 aromatic rings. The topological polar surface area (TPSA) is 40.1 Å². The molecular formula is C16H27IN4O. The van der Waals surface area contributed by atoms with Crippen LogP contribution in [0.15, 0.2) is 35.3 Å². The van der Waals surface area contributed by atoms with E-state index in [4.69, 9.17) is 4.74 Å². The number of methoxy groups -OCH3 is 1. The number of rotatable bonds is 5. The number of ether oxygens (including phenoxy) is 1. The van der Waals surface area contributed by atoms with Crippen LogP contribution < -0.4 is 10.2 Å². The largest absolute Gasteiger partial charge is 0.383 e. The summed E-state index contributed by atoms with van der Waals surface area (Å²) in [6, 6.07) is 10.6. The minimum absolute atomic E-state index is 0. The first-order chi connectivity index (χ1) is 10.3. The first-order valence-electron chi connectivity index (χ1n) is 7.67. The number of para-hydroxylation sites is 1. The number of aliphatic imine (C=N–C) groups is 1. The molecule has 0 amide bonds. The highest BCUT2D eigenvalue weighted by molar-refractivity contribution is 14.0. The fraction of sp³-hybridized carbons (Fsp3) is 0.562. The second-order valence-electron chi connectivity index (χ2n) is 5.04. The molecule has 1 N–H and O–H groups in total. The molecule has 0 bridgehead atoms. The Labute approximate surface area is 150 Å². The minimum atomic E-state index is 0. The summed E-state index contributed by atoms with van der Waals surface area (Å²) in [6.07, 6.45) is 0. The molecule has 0 saturated carbocycles. The van der Waals surface area contributed by atoms with E-state index < -0.39 is 0 Å². The molecule has 0 unspecified atom stereocenters. The van der Waals surface area contributed by atoms with Crippen LogP contribution in [0, 0.1) is 0 Å². The van der Waals surface area contributed by atoms with Gasteiger partial charge in [-0.05, 0) is 19.1 Å². The maximum atomic E-state index is 5.07. The third-order valence-corrected chi connectivity index (χ3v) is 3.59. The van der Waals surface area contributed by atoms with Gasteiger partial charge in [-0.3, -0.25) is 4.99 Å². The monoisotopic (exact) mass is 418 g/mol. The number of guanidine groups is 1. The average Bonchev–Trinajstić information content (AvgIpc) is 2.55. The number of hydrogen-bond acceptors (Lipinski definition) is 3. The molecular weight excluding hydrogens is 391 g/mol. The van der Waals surface area contributed by atoms with Crippen LogP contribution in [0.4, 0.5) is 5.69 Å². The van der Waals surface area contributed by atoms with Crippen LogP contribution in [-0.4, -0.2) is 63.8 Å². The third kappa shape index (κ3) is 5.64. The Morgan fingerprint density at radius 1 is 1.18 bits per heavy atom. The Morgan fingerprint density at radius 3 is 2.45 bits per heavy atom. The summed E-state index contributed by atoms with van der Waals surface area (Å²) in [5.41, 5.74) is 1.30. The van der Waals surface area contributed by atoms with Gasteiger partial charge in [-0.25, -0.2) is 0 Å². The van der Waals surface area contributed by atoms with E-state index in [9.17, 15) is 0 Å². The van der Waals surface area contributed by atoms with Crippen molar-refractivity contribution in [2.45, 2.75) is 6.92 Å². The Balaban J connectivity index is 0.00000242. The van der Waals surface area contributed by atoms with Crippen molar-refractivity contribution in [2.75, 3.05) is 57.9 Å². The van der Waals surface area contributed by atoms with Crippen LogP contribution in [0.1, 0.15) is 6.92 Å². The number of nitrogens with one attached hydrogen (secondary N) is 1. The summed E-state index contributed by atoms with van der Waals surface area (Å²) in [4.78, 5) is 9.37. The van der Waals surface area contributed by atoms with Crippen LogP contribution in [0.2, 0.25) is 0 Å². The zero-order valence-electron chi connectivity index (χ0n) is 13.5. The fourth-order valence-electron chi connectivity index (χ4n) is 2.48. The van der Waals surface area contributed by atoms with E-state index >= 15 is 0 Å². The van der Waals surface area contributed by atoms with Crippen molar-refractivity contribution in [1.82, 2.24) is 10.2 Å². The number of halogens is 1. The molecule has 1 aromatic carbocycles. The second kappa shape index (κ2) is 10.7. The van der Waals surface area contributed by atoms with Gasteiger partial charge in [0.2, 0.25) is 0 Å². The van der Waals surface area contributed by atoms with Crippen LogP contribution in [0.3, 0.4) is 0 Å². The predicted octanol–water partition coefficient (Wildman–Crippen LogP) is 2.04. The molecule has 1 saturated heterocycles. The molecule has 1 heterocycles. The molecule has 1 fully saturated rings. The third-order valence-electron chi connectivity index (χ3n) is 3.59. The normalized spacial score (nSPS) is 15.5. The van der Waals surface area contributed by atoms with Gasteiger partial charge in [0.1, 0.15) is 0 Å². The lowest BCUT2D eigenvalue weighted by molar-refractivity contribution is 0.207. The van der Waals surface area contributed by atoms with Gasteiger partial charge in [0.15, 0.2) is 5.96 Å². The summed E-state index contributed by atoms with van der Waals surface area (Å²) in [5.74, 6) is 1.00. The lowest BCUT2D eigenvalue weighted by atomic mass is 10.2. The zero-order valence-corrected chi connectivity index (χ0v) is 15.8. The van der Waals surface area contributed by atoms with E-state index in [0.717, 1.165) is 38.7 Å². The number of nitrogens with zero attached hydrogens (tertiary/aromatic N) is 3. The average molecular weight is 418 g/mol. The number of piperazine rings is 1. The van der Waals surface area contributed by atoms with Gasteiger partial charge in [-0.1, -0.05) is 18.2 Å². The van der Waals surface area contributed by atoms with Crippen LogP contribution >= 0.6 is 24.0 Å². The van der Waals surface area contributed by atoms with Gasteiger partial charge in [0.25, 0.3) is 0 Å². The van der Waals surface area contributed by atoms with Gasteiger partial charge in [0, 0.05) is 45.5 Å². The van der Waals surface area contributed by atoms with Crippen molar-refractivity contribution in [3.05, 3.63) is 30.3 Å². The number of hydrogen-bond donors (Lipinski definition) is 1. The maximum Gasteiger partial charge on any atom is 0.194 e. The van der Waals surface area contributed by atoms with Crippen molar-refractivity contribution < 1.29 is 4.74 Å². The second-order valence-corrected chi connectivity index (χ2v) is 5.04. The lowest BCUT2D eigenvalue weighted by Gasteiger charge is -2.37. The summed E-state index contributed by atoms with van der Waals surface area (Å²) in [5, 5.41) is 3.37. The van der Waals surface area contributed by atoms with E-state index in [0.29, 0.717) is 13.2 Å². The highest BCUT2D eigenvalue weighted by Crippen LogP contribution is 2.15. The molecule has 0 aliphatic carbocycles. The molecule has 124 valence electrons. The van der Waals surface area contributed by atoms with Crippen LogP contribution in [-0.2, 0) is 4.74 Å². The van der Waals surface area contributed by atoms with Crippen molar-refractivity contribution >= 4 is 35.6 Å². The van der Waals surface area contributed by atoms with Gasteiger partial charge < -0.3 is 19.9 Å². The first kappa shape index (κ1) is 19.0. The Hall–Kier alpha value is -1.02. The quantitative estimate of drug-likeness (QED) is 0.344. The molecule has 0 spiro atoms. The van der Waals surface area contributed by atoms with E-state index in [1.54, 1.807) is 7.11 Å². The lowest BCUT2D eigenvalue weighted by Crippen LogP contribution is -2.52. The van der Waals surface area contributed by atoms with Crippen molar-refractivity contribution in [1.29, 1.82) is 0 Å². The van der Waals surface area contributed by atoms with Gasteiger partial charge in [0.05, 0.1) is 13.2 Å². The maximum absolute atomic E-state index is 5.07. The van der Waals surface area contributed by atoms with Gasteiger partial charge in [-0.15, -0.1) is 24.0 Å². The van der Waals surface area contributed by atoms with Gasteiger partial charge >= 0.3 is 0 Å². The minimum Gasteiger partial charge on any atom is -0.383 e. The summed E-state index contributed by atoms with van der Waals surface area (Å²) >= 11 is 0. The zero-order chi connectivity index (χ0) is 14.9. The van der Waals surface area contributed by atoms with E-state index in [-0.39, 0.29) is 24.0 Å². The van der Waals surface area contributed by atoms with Crippen LogP contribution in [0.25, 0.3) is 0 Å². The number of benzene rings is 1. The van der Waals surface area contributed by atoms with Crippen molar-refractivity contribution in [3.8, 4) is 0 Å². The smallest absolute Gasteiger partial charge is 0.194 e. The van der Waals surface area contributed by atoms with Crippen molar-refractivity contribution in [2.24, 2.45) is 4.99 Å². The SMILES string of the molecule is CCNC(=NCCOC)N1CCN(c2ccccc2)CC1.I. The molecule has 1 aliphatic heterocycles. The molecule has 1 aliphatic rings. The highest BCUT2D eigenvalue weighted by Gasteiger charge is 2.19. The first-order valence-corrected chi connectivity index (χ1v) is 7.67. The van der Waals surface area contributed by atoms with E-state index in [1.807, 2.05) is 0 Å². The predicted molar refractivity (Wildman–Crippen MR) is 103 cm³/mol. The fourth-order valence-corrected chi connectivity index (χ4v) is 2.48. The molecule has 0 radical (unpaired) electrons. The van der Waals surface area contributed by atoms with Crippen LogP contribution in [0.5, 0.6) is 0 Å². The van der Waals surface area contributed by atoms with Crippen molar-refractivity contribution in [3.63, 3.8) is 0 Å². The van der Waals surface area contributed by atoms with E-state index in [2.05, 4.69) is 57.4 Å². The molecule has 2 rings (SSSR count). The molecule has 0 atom stereocenters. The Morgan fingerprint density at radius 2 is 1.86 bits per heavy atom. The summed E-state index contributed by atoms with van der Waals surface area (Å²) < 4.78 is 5.07. The number of anilines is 1. The molecule has 22 heavy (non-hydrogen) atoms. The molecule has 0 aromatic heterocycles. The standard InChI is InChI=1S/C16H26N4O.HI/c1-3-17-16(18-9-14-21-2)20-12-10-19(11-13-20)15-7-5-4-6-8-15;/h4-8H,3,9-14H2,1-2H3,(H,17,18);1H. The molecule has 6 heteroatoms. The molecule has 5 nitrogen and oxygen atoms in total.